The van der Waals surface area contributed by atoms with Crippen LogP contribution in [0.15, 0.2) is 54.6 Å². The molecule has 21 heavy (non-hydrogen) atoms. The van der Waals surface area contributed by atoms with Crippen LogP contribution in [0.1, 0.15) is 5.56 Å². The van der Waals surface area contributed by atoms with Gasteiger partial charge in [-0.2, -0.15) is 11.8 Å². The van der Waals surface area contributed by atoms with Gasteiger partial charge in [-0.3, -0.25) is 0 Å². The maximum atomic E-state index is 11.6. The molecule has 0 fully saturated rings. The number of hydrogen-bond donors (Lipinski definition) is 2. The van der Waals surface area contributed by atoms with Gasteiger partial charge in [0, 0.05) is 28.8 Å². The Morgan fingerprint density at radius 2 is 1.76 bits per heavy atom. The van der Waals surface area contributed by atoms with Crippen molar-refractivity contribution in [2.45, 2.75) is 5.75 Å². The van der Waals surface area contributed by atoms with Gasteiger partial charge in [-0.1, -0.05) is 48.0 Å². The zero-order chi connectivity index (χ0) is 14.9. The highest BCUT2D eigenvalue weighted by Crippen LogP contribution is 2.20. The summed E-state index contributed by atoms with van der Waals surface area (Å²) in [6.45, 7) is 0.619. The Bertz CT molecular complexity index is 577. The average Bonchev–Trinajstić information content (AvgIpc) is 2.50. The molecule has 3 nitrogen and oxygen atoms in total. The molecule has 2 amide bonds. The maximum Gasteiger partial charge on any atom is 0.319 e. The highest BCUT2D eigenvalue weighted by atomic mass is 35.5. The van der Waals surface area contributed by atoms with Gasteiger partial charge in [-0.05, 0) is 23.8 Å². The molecule has 0 heterocycles. The summed E-state index contributed by atoms with van der Waals surface area (Å²) in [7, 11) is 0. The van der Waals surface area contributed by atoms with Gasteiger partial charge in [0.25, 0.3) is 0 Å². The van der Waals surface area contributed by atoms with Gasteiger partial charge in [0.1, 0.15) is 0 Å². The van der Waals surface area contributed by atoms with E-state index in [1.807, 2.05) is 54.6 Å². The molecule has 0 aromatic heterocycles. The zero-order valence-electron chi connectivity index (χ0n) is 11.5. The summed E-state index contributed by atoms with van der Waals surface area (Å²) in [4.78, 5) is 11.6. The molecule has 0 aliphatic heterocycles. The van der Waals surface area contributed by atoms with Gasteiger partial charge in [0.05, 0.1) is 0 Å². The van der Waals surface area contributed by atoms with Crippen LogP contribution in [0.25, 0.3) is 0 Å². The minimum atomic E-state index is -0.181. The van der Waals surface area contributed by atoms with Gasteiger partial charge in [-0.25, -0.2) is 4.79 Å². The van der Waals surface area contributed by atoms with Crippen molar-refractivity contribution < 1.29 is 4.79 Å². The number of benzene rings is 2. The topological polar surface area (TPSA) is 41.1 Å². The van der Waals surface area contributed by atoms with Crippen LogP contribution in [-0.2, 0) is 5.75 Å². The summed E-state index contributed by atoms with van der Waals surface area (Å²) in [5.41, 5.74) is 1.91. The largest absolute Gasteiger partial charge is 0.337 e. The van der Waals surface area contributed by atoms with Crippen molar-refractivity contribution in [1.82, 2.24) is 5.32 Å². The molecular weight excluding hydrogens is 304 g/mol. The van der Waals surface area contributed by atoms with E-state index in [0.717, 1.165) is 27.8 Å². The number of hydrogen-bond acceptors (Lipinski definition) is 2. The second-order valence-electron chi connectivity index (χ2n) is 4.39. The molecule has 0 unspecified atom stereocenters. The van der Waals surface area contributed by atoms with Gasteiger partial charge < -0.3 is 10.6 Å². The quantitative estimate of drug-likeness (QED) is 0.775. The van der Waals surface area contributed by atoms with Crippen LogP contribution in [-0.4, -0.2) is 18.3 Å². The first-order chi connectivity index (χ1) is 10.3. The lowest BCUT2D eigenvalue weighted by atomic mass is 10.2. The summed E-state index contributed by atoms with van der Waals surface area (Å²) >= 11 is 7.83. The van der Waals surface area contributed by atoms with E-state index in [0.29, 0.717) is 6.54 Å². The van der Waals surface area contributed by atoms with Crippen molar-refractivity contribution in [3.63, 3.8) is 0 Å². The molecule has 0 bridgehead atoms. The highest BCUT2D eigenvalue weighted by Gasteiger charge is 2.01. The van der Waals surface area contributed by atoms with Crippen LogP contribution in [0, 0.1) is 0 Å². The molecule has 0 saturated carbocycles. The van der Waals surface area contributed by atoms with Crippen molar-refractivity contribution in [3.05, 3.63) is 65.2 Å². The lowest BCUT2D eigenvalue weighted by Crippen LogP contribution is -2.30. The Morgan fingerprint density at radius 1 is 1.05 bits per heavy atom. The van der Waals surface area contributed by atoms with Crippen LogP contribution >= 0.6 is 23.4 Å². The Labute approximate surface area is 134 Å². The smallest absolute Gasteiger partial charge is 0.319 e. The molecule has 2 aromatic carbocycles. The number of para-hydroxylation sites is 1. The Morgan fingerprint density at radius 3 is 2.52 bits per heavy atom. The lowest BCUT2D eigenvalue weighted by Gasteiger charge is -2.08. The third kappa shape index (κ3) is 5.69. The minimum absolute atomic E-state index is 0.181. The zero-order valence-corrected chi connectivity index (χ0v) is 13.1. The van der Waals surface area contributed by atoms with E-state index >= 15 is 0 Å². The van der Waals surface area contributed by atoms with Crippen LogP contribution < -0.4 is 10.6 Å². The molecule has 0 aliphatic rings. The van der Waals surface area contributed by atoms with Gasteiger partial charge in [0.2, 0.25) is 0 Å². The molecule has 2 rings (SSSR count). The standard InChI is InChI=1S/C16H17ClN2OS/c17-15-9-5-4-6-13(15)12-21-11-10-18-16(20)19-14-7-2-1-3-8-14/h1-9H,10-12H2,(H2,18,19,20). The Balaban J connectivity index is 1.62. The van der Waals surface area contributed by atoms with Crippen LogP contribution in [0.3, 0.4) is 0 Å². The maximum absolute atomic E-state index is 11.6. The fourth-order valence-electron chi connectivity index (χ4n) is 1.73. The molecule has 2 N–H and O–H groups in total. The molecule has 0 radical (unpaired) electrons. The second-order valence-corrected chi connectivity index (χ2v) is 5.90. The lowest BCUT2D eigenvalue weighted by molar-refractivity contribution is 0.252. The van der Waals surface area contributed by atoms with E-state index in [2.05, 4.69) is 10.6 Å². The fraction of sp³-hybridized carbons (Fsp3) is 0.188. The van der Waals surface area contributed by atoms with Gasteiger partial charge >= 0.3 is 6.03 Å². The summed E-state index contributed by atoms with van der Waals surface area (Å²) in [5, 5.41) is 6.40. The van der Waals surface area contributed by atoms with Gasteiger partial charge in [0.15, 0.2) is 0 Å². The second kappa shape index (κ2) is 8.60. The van der Waals surface area contributed by atoms with E-state index in [1.165, 1.54) is 0 Å². The number of halogens is 1. The fourth-order valence-corrected chi connectivity index (χ4v) is 2.88. The first-order valence-corrected chi connectivity index (χ1v) is 8.20. The SMILES string of the molecule is O=C(NCCSCc1ccccc1Cl)Nc1ccccc1. The van der Waals surface area contributed by atoms with E-state index in [9.17, 15) is 4.79 Å². The van der Waals surface area contributed by atoms with Crippen LogP contribution in [0.4, 0.5) is 10.5 Å². The summed E-state index contributed by atoms with van der Waals surface area (Å²) < 4.78 is 0. The number of amides is 2. The number of anilines is 1. The Kier molecular flexibility index (Phi) is 6.44. The van der Waals surface area contributed by atoms with Crippen molar-refractivity contribution in [3.8, 4) is 0 Å². The average molecular weight is 321 g/mol. The third-order valence-corrected chi connectivity index (χ3v) is 4.16. The predicted molar refractivity (Wildman–Crippen MR) is 91.1 cm³/mol. The van der Waals surface area contributed by atoms with Crippen LogP contribution in [0.2, 0.25) is 5.02 Å². The molecule has 0 spiro atoms. The van der Waals surface area contributed by atoms with Crippen LogP contribution in [0.5, 0.6) is 0 Å². The summed E-state index contributed by atoms with van der Waals surface area (Å²) in [5.74, 6) is 1.69. The minimum Gasteiger partial charge on any atom is -0.337 e. The van der Waals surface area contributed by atoms with Crippen molar-refractivity contribution in [2.75, 3.05) is 17.6 Å². The summed E-state index contributed by atoms with van der Waals surface area (Å²) in [6, 6.07) is 17.0. The molecule has 0 aliphatic carbocycles. The van der Waals surface area contributed by atoms with E-state index < -0.39 is 0 Å². The molecule has 2 aromatic rings. The van der Waals surface area contributed by atoms with E-state index in [-0.39, 0.29) is 6.03 Å². The van der Waals surface area contributed by atoms with E-state index in [4.69, 9.17) is 11.6 Å². The highest BCUT2D eigenvalue weighted by molar-refractivity contribution is 7.98. The molecule has 5 heteroatoms. The van der Waals surface area contributed by atoms with Crippen molar-refractivity contribution >= 4 is 35.1 Å². The molecular formula is C16H17ClN2OS. The normalized spacial score (nSPS) is 10.1. The number of thioether (sulfide) groups is 1. The predicted octanol–water partition coefficient (Wildman–Crippen LogP) is 4.39. The Hall–Kier alpha value is -1.65. The number of rotatable bonds is 6. The van der Waals surface area contributed by atoms with E-state index in [1.54, 1.807) is 11.8 Å². The molecule has 0 saturated heterocycles. The number of carbonyl (C=O) groups excluding carboxylic acids is 1. The molecule has 0 atom stereocenters. The first-order valence-electron chi connectivity index (χ1n) is 6.67. The summed E-state index contributed by atoms with van der Waals surface area (Å²) in [6.07, 6.45) is 0. The number of urea groups is 1. The number of carbonyl (C=O) groups is 1. The third-order valence-electron chi connectivity index (χ3n) is 2.78. The monoisotopic (exact) mass is 320 g/mol. The van der Waals surface area contributed by atoms with Crippen molar-refractivity contribution in [2.24, 2.45) is 0 Å². The van der Waals surface area contributed by atoms with Crippen molar-refractivity contribution in [1.29, 1.82) is 0 Å². The number of nitrogens with one attached hydrogen (secondary N) is 2. The first kappa shape index (κ1) is 15.7. The molecule has 110 valence electrons. The van der Waals surface area contributed by atoms with Gasteiger partial charge in [-0.15, -0.1) is 0 Å².